The molecule has 4 rings (SSSR count). The van der Waals surface area contributed by atoms with Crippen LogP contribution in [-0.4, -0.2) is 39.2 Å². The van der Waals surface area contributed by atoms with Gasteiger partial charge < -0.3 is 14.6 Å². The average molecular weight is 404 g/mol. The van der Waals surface area contributed by atoms with E-state index in [0.717, 1.165) is 23.4 Å². The number of phenolic OH excluding ortho intramolecular Hbond substituents is 1. The van der Waals surface area contributed by atoms with Crippen molar-refractivity contribution >= 4 is 22.6 Å². The minimum absolute atomic E-state index is 0.0774. The quantitative estimate of drug-likeness (QED) is 0.811. The lowest BCUT2D eigenvalue weighted by molar-refractivity contribution is -0.0705. The summed E-state index contributed by atoms with van der Waals surface area (Å²) in [7, 11) is 1.52. The number of hydrogen-bond acceptors (Lipinski definition) is 6. The highest BCUT2D eigenvalue weighted by Gasteiger charge is 2.36. The number of hydrogen-bond donors (Lipinski definition) is 2. The lowest BCUT2D eigenvalue weighted by Gasteiger charge is -2.36. The van der Waals surface area contributed by atoms with Crippen LogP contribution in [0.15, 0.2) is 28.0 Å². The van der Waals surface area contributed by atoms with Crippen LogP contribution in [0.4, 0.5) is 5.82 Å². The van der Waals surface area contributed by atoms with Gasteiger partial charge in [0.1, 0.15) is 0 Å². The number of aliphatic imine (C=N–C) groups is 1. The molecule has 1 aromatic heterocycles. The van der Waals surface area contributed by atoms with Crippen molar-refractivity contribution in [3.8, 4) is 11.5 Å². The molecule has 3 heterocycles. The fourth-order valence-corrected chi connectivity index (χ4v) is 5.08. The molecule has 2 atom stereocenters. The molecule has 8 heteroatoms. The SMILES string of the molecule is COc1cc([C@H]2SC(C)=Nc3c2c(=O)[nH]n3[C@@H]2CCOC(C)(C)C2)ccc1O. The topological polar surface area (TPSA) is 88.8 Å². The molecule has 2 aliphatic heterocycles. The molecule has 0 bridgehead atoms. The molecule has 2 aliphatic rings. The van der Waals surface area contributed by atoms with Gasteiger partial charge in [-0.15, -0.1) is 0 Å². The van der Waals surface area contributed by atoms with E-state index in [1.807, 2.05) is 17.7 Å². The van der Waals surface area contributed by atoms with Crippen LogP contribution in [0.25, 0.3) is 0 Å². The Balaban J connectivity index is 1.80. The standard InChI is InChI=1S/C20H25N3O4S/c1-11-21-18-16(17(28-11)12-5-6-14(24)15(9-12)26-4)19(25)22-23(18)13-7-8-27-20(2,3)10-13/h5-6,9,13,17,24H,7-8,10H2,1-4H3,(H,22,25)/t13-,17-/m1/s1. The van der Waals surface area contributed by atoms with Crippen molar-refractivity contribution in [3.63, 3.8) is 0 Å². The summed E-state index contributed by atoms with van der Waals surface area (Å²) < 4.78 is 13.0. The van der Waals surface area contributed by atoms with Crippen LogP contribution in [0.2, 0.25) is 0 Å². The summed E-state index contributed by atoms with van der Waals surface area (Å²) in [5.74, 6) is 1.16. The van der Waals surface area contributed by atoms with Gasteiger partial charge in [0.15, 0.2) is 17.3 Å². The van der Waals surface area contributed by atoms with E-state index in [2.05, 4.69) is 18.9 Å². The number of H-pyrrole nitrogens is 1. The Morgan fingerprint density at radius 1 is 1.43 bits per heavy atom. The molecule has 7 nitrogen and oxygen atoms in total. The Kier molecular flexibility index (Phi) is 4.79. The molecule has 1 fully saturated rings. The Morgan fingerprint density at radius 2 is 2.21 bits per heavy atom. The van der Waals surface area contributed by atoms with Gasteiger partial charge in [-0.3, -0.25) is 14.6 Å². The van der Waals surface area contributed by atoms with Crippen LogP contribution in [0.3, 0.4) is 0 Å². The van der Waals surface area contributed by atoms with Crippen molar-refractivity contribution in [1.29, 1.82) is 0 Å². The van der Waals surface area contributed by atoms with Gasteiger partial charge in [-0.1, -0.05) is 17.8 Å². The van der Waals surface area contributed by atoms with Gasteiger partial charge >= 0.3 is 0 Å². The molecule has 150 valence electrons. The van der Waals surface area contributed by atoms with Gasteiger partial charge in [-0.25, -0.2) is 4.99 Å². The third-order valence-electron chi connectivity index (χ3n) is 5.29. The van der Waals surface area contributed by atoms with Crippen LogP contribution >= 0.6 is 11.8 Å². The summed E-state index contributed by atoms with van der Waals surface area (Å²) in [4.78, 5) is 17.6. The van der Waals surface area contributed by atoms with Crippen LogP contribution in [0.1, 0.15) is 56.0 Å². The van der Waals surface area contributed by atoms with Crippen LogP contribution in [0, 0.1) is 0 Å². The summed E-state index contributed by atoms with van der Waals surface area (Å²) in [5, 5.41) is 13.6. The Morgan fingerprint density at radius 3 is 2.93 bits per heavy atom. The first-order valence-corrected chi connectivity index (χ1v) is 10.2. The molecule has 0 aliphatic carbocycles. The van der Waals surface area contributed by atoms with Gasteiger partial charge in [0, 0.05) is 6.61 Å². The fourth-order valence-electron chi connectivity index (χ4n) is 3.99. The average Bonchev–Trinajstić information content (AvgIpc) is 2.97. The summed E-state index contributed by atoms with van der Waals surface area (Å²) in [6.07, 6.45) is 1.64. The second kappa shape index (κ2) is 7.00. The van der Waals surface area contributed by atoms with E-state index < -0.39 is 0 Å². The summed E-state index contributed by atoms with van der Waals surface area (Å²) in [6.45, 7) is 6.75. The first-order chi connectivity index (χ1) is 13.3. The number of nitrogens with zero attached hydrogens (tertiary/aromatic N) is 2. The summed E-state index contributed by atoms with van der Waals surface area (Å²) in [5.41, 5.74) is 1.18. The molecule has 0 spiro atoms. The molecule has 0 saturated carbocycles. The lowest BCUT2D eigenvalue weighted by Crippen LogP contribution is -2.35. The molecule has 1 saturated heterocycles. The fraction of sp³-hybridized carbons (Fsp3) is 0.500. The number of phenols is 1. The van der Waals surface area contributed by atoms with Crippen LogP contribution in [0.5, 0.6) is 11.5 Å². The zero-order valence-electron chi connectivity index (χ0n) is 16.5. The summed E-state index contributed by atoms with van der Waals surface area (Å²) in [6, 6.07) is 5.34. The maximum Gasteiger partial charge on any atom is 0.271 e. The van der Waals surface area contributed by atoms with E-state index >= 15 is 0 Å². The van der Waals surface area contributed by atoms with Crippen molar-refractivity contribution in [2.45, 2.75) is 50.5 Å². The predicted octanol–water partition coefficient (Wildman–Crippen LogP) is 3.91. The second-order valence-electron chi connectivity index (χ2n) is 7.86. The first kappa shape index (κ1) is 19.1. The number of aromatic hydroxyl groups is 1. The number of ether oxygens (including phenoxy) is 2. The third kappa shape index (κ3) is 3.35. The van der Waals surface area contributed by atoms with Gasteiger partial charge in [0.25, 0.3) is 5.56 Å². The number of methoxy groups -OCH3 is 1. The normalized spacial score (nSPS) is 23.8. The summed E-state index contributed by atoms with van der Waals surface area (Å²) >= 11 is 1.54. The third-order valence-corrected chi connectivity index (χ3v) is 6.47. The van der Waals surface area contributed by atoms with Gasteiger partial charge in [0.2, 0.25) is 0 Å². The highest BCUT2D eigenvalue weighted by atomic mass is 32.2. The minimum Gasteiger partial charge on any atom is -0.504 e. The van der Waals surface area contributed by atoms with E-state index in [4.69, 9.17) is 14.5 Å². The molecule has 0 unspecified atom stereocenters. The smallest absolute Gasteiger partial charge is 0.271 e. The van der Waals surface area contributed by atoms with E-state index in [1.165, 1.54) is 18.9 Å². The van der Waals surface area contributed by atoms with E-state index in [9.17, 15) is 9.90 Å². The highest BCUT2D eigenvalue weighted by molar-refractivity contribution is 8.14. The molecule has 28 heavy (non-hydrogen) atoms. The van der Waals surface area contributed by atoms with Crippen molar-refractivity contribution < 1.29 is 14.6 Å². The number of benzene rings is 1. The van der Waals surface area contributed by atoms with Gasteiger partial charge in [-0.05, 0) is 51.3 Å². The van der Waals surface area contributed by atoms with Crippen molar-refractivity contribution in [1.82, 2.24) is 9.78 Å². The lowest BCUT2D eigenvalue weighted by atomic mass is 9.94. The molecular weight excluding hydrogens is 378 g/mol. The van der Waals surface area contributed by atoms with Crippen LogP contribution < -0.4 is 10.3 Å². The largest absolute Gasteiger partial charge is 0.504 e. The monoisotopic (exact) mass is 403 g/mol. The Labute approximate surface area is 167 Å². The molecule has 1 aromatic carbocycles. The van der Waals surface area contributed by atoms with E-state index in [0.29, 0.717) is 23.7 Å². The highest BCUT2D eigenvalue weighted by Crippen LogP contribution is 2.46. The Hall–Kier alpha value is -2.19. The first-order valence-electron chi connectivity index (χ1n) is 9.36. The molecule has 2 N–H and O–H groups in total. The van der Waals surface area contributed by atoms with Crippen molar-refractivity contribution in [3.05, 3.63) is 39.7 Å². The maximum atomic E-state index is 12.9. The Bertz CT molecular complexity index is 992. The van der Waals surface area contributed by atoms with E-state index in [-0.39, 0.29) is 28.2 Å². The number of aromatic nitrogens is 2. The second-order valence-corrected chi connectivity index (χ2v) is 9.16. The minimum atomic E-state index is -0.233. The van der Waals surface area contributed by atoms with Gasteiger partial charge in [0.05, 0.1) is 34.6 Å². The number of nitrogens with one attached hydrogen (secondary N) is 1. The number of rotatable bonds is 3. The maximum absolute atomic E-state index is 12.9. The predicted molar refractivity (Wildman–Crippen MR) is 110 cm³/mol. The zero-order chi connectivity index (χ0) is 20.1. The number of aromatic amines is 1. The van der Waals surface area contributed by atoms with Gasteiger partial charge in [-0.2, -0.15) is 0 Å². The van der Waals surface area contributed by atoms with Crippen molar-refractivity contribution in [2.24, 2.45) is 4.99 Å². The zero-order valence-corrected chi connectivity index (χ0v) is 17.3. The number of thioether (sulfide) groups is 1. The van der Waals surface area contributed by atoms with Crippen LogP contribution in [-0.2, 0) is 4.74 Å². The number of fused-ring (bicyclic) bond motifs is 1. The van der Waals surface area contributed by atoms with Crippen molar-refractivity contribution in [2.75, 3.05) is 13.7 Å². The molecule has 0 amide bonds. The molecule has 2 aromatic rings. The molecule has 0 radical (unpaired) electrons. The molecular formula is C20H25N3O4S. The van der Waals surface area contributed by atoms with E-state index in [1.54, 1.807) is 12.1 Å².